The molecular formula is C27H26F6N2O5S. The molecule has 3 aromatic carbocycles. The van der Waals surface area contributed by atoms with Gasteiger partial charge in [-0.25, -0.2) is 8.42 Å². The molecule has 0 aliphatic carbocycles. The standard InChI is InChI=1S/C27H26F6N2O5S/c1-17-4-14-23(15-5-17)41(38,39)35(16-24(36)34-18(2)19-6-12-22(40-3)13-7-19)21-10-8-20(9-11-21)25(37,26(28,29)30)27(31,32)33/h4-15,18,37H,16H2,1-3H3,(H,34,36). The Kier molecular flexibility index (Phi) is 8.99. The zero-order valence-corrected chi connectivity index (χ0v) is 22.7. The first-order valence-corrected chi connectivity index (χ1v) is 13.3. The second-order valence-electron chi connectivity index (χ2n) is 9.14. The molecule has 14 heteroatoms. The van der Waals surface area contributed by atoms with Crippen molar-refractivity contribution in [1.29, 1.82) is 0 Å². The summed E-state index contributed by atoms with van der Waals surface area (Å²) >= 11 is 0. The number of hydrogen-bond donors (Lipinski definition) is 2. The fraction of sp³-hybridized carbons (Fsp3) is 0.296. The first-order chi connectivity index (χ1) is 18.9. The summed E-state index contributed by atoms with van der Waals surface area (Å²) < 4.78 is 113. The van der Waals surface area contributed by atoms with Gasteiger partial charge in [-0.3, -0.25) is 9.10 Å². The minimum absolute atomic E-state index is 0.273. The third-order valence-electron chi connectivity index (χ3n) is 6.28. The molecule has 0 aromatic heterocycles. The number of aliphatic hydroxyl groups is 1. The van der Waals surface area contributed by atoms with Crippen LogP contribution in [-0.2, 0) is 20.4 Å². The molecule has 3 rings (SSSR count). The van der Waals surface area contributed by atoms with Crippen molar-refractivity contribution in [3.63, 3.8) is 0 Å². The number of methoxy groups -OCH3 is 1. The number of rotatable bonds is 9. The molecule has 0 saturated heterocycles. The van der Waals surface area contributed by atoms with Gasteiger partial charge in [0.15, 0.2) is 0 Å². The Morgan fingerprint density at radius 1 is 0.902 bits per heavy atom. The highest BCUT2D eigenvalue weighted by atomic mass is 32.2. The van der Waals surface area contributed by atoms with Gasteiger partial charge in [-0.05, 0) is 55.8 Å². The summed E-state index contributed by atoms with van der Waals surface area (Å²) in [6.07, 6.45) is -12.3. The fourth-order valence-corrected chi connectivity index (χ4v) is 5.32. The highest BCUT2D eigenvalue weighted by Gasteiger charge is 2.71. The molecular weight excluding hydrogens is 578 g/mol. The summed E-state index contributed by atoms with van der Waals surface area (Å²) in [7, 11) is -3.06. The van der Waals surface area contributed by atoms with E-state index >= 15 is 0 Å². The van der Waals surface area contributed by atoms with E-state index in [2.05, 4.69) is 5.32 Å². The molecule has 7 nitrogen and oxygen atoms in total. The van der Waals surface area contributed by atoms with E-state index in [9.17, 15) is 44.7 Å². The summed E-state index contributed by atoms with van der Waals surface area (Å²) in [6, 6.07) is 13.4. The largest absolute Gasteiger partial charge is 0.497 e. The Morgan fingerprint density at radius 3 is 1.88 bits per heavy atom. The van der Waals surface area contributed by atoms with E-state index in [-0.39, 0.29) is 4.90 Å². The van der Waals surface area contributed by atoms with Crippen molar-refractivity contribution < 1.29 is 49.4 Å². The number of alkyl halides is 6. The second-order valence-corrected chi connectivity index (χ2v) is 11.0. The number of nitrogens with zero attached hydrogens (tertiary/aromatic N) is 1. The van der Waals surface area contributed by atoms with Crippen LogP contribution in [0.5, 0.6) is 5.75 Å². The number of carbonyl (C=O) groups is 1. The summed E-state index contributed by atoms with van der Waals surface area (Å²) in [4.78, 5) is 12.7. The number of halogens is 6. The highest BCUT2D eigenvalue weighted by molar-refractivity contribution is 7.92. The van der Waals surface area contributed by atoms with E-state index in [1.807, 2.05) is 0 Å². The summed E-state index contributed by atoms with van der Waals surface area (Å²) in [5.41, 5.74) is -5.83. The number of aryl methyl sites for hydroxylation is 1. The van der Waals surface area contributed by atoms with Crippen LogP contribution in [0.4, 0.5) is 32.0 Å². The highest BCUT2D eigenvalue weighted by Crippen LogP contribution is 2.50. The first kappa shape index (κ1) is 31.7. The predicted octanol–water partition coefficient (Wildman–Crippen LogP) is 5.39. The molecule has 2 N–H and O–H groups in total. The molecule has 41 heavy (non-hydrogen) atoms. The van der Waals surface area contributed by atoms with Crippen LogP contribution in [0.1, 0.15) is 29.7 Å². The van der Waals surface area contributed by atoms with Gasteiger partial charge in [0, 0.05) is 5.56 Å². The van der Waals surface area contributed by atoms with E-state index in [4.69, 9.17) is 4.74 Å². The van der Waals surface area contributed by atoms with Crippen LogP contribution in [0.3, 0.4) is 0 Å². The molecule has 0 aliphatic rings. The third kappa shape index (κ3) is 6.59. The van der Waals surface area contributed by atoms with E-state index in [1.54, 1.807) is 38.1 Å². The SMILES string of the molecule is COc1ccc(C(C)NC(=O)CN(c2ccc(C(O)(C(F)(F)F)C(F)(F)F)cc2)S(=O)(=O)c2ccc(C)cc2)cc1. The van der Waals surface area contributed by atoms with Crippen LogP contribution < -0.4 is 14.4 Å². The van der Waals surface area contributed by atoms with E-state index in [1.165, 1.54) is 31.4 Å². The minimum Gasteiger partial charge on any atom is -0.497 e. The number of ether oxygens (including phenoxy) is 1. The lowest BCUT2D eigenvalue weighted by atomic mass is 9.92. The van der Waals surface area contributed by atoms with Crippen LogP contribution in [0.25, 0.3) is 0 Å². The zero-order chi connectivity index (χ0) is 30.8. The maximum atomic E-state index is 13.5. The topological polar surface area (TPSA) is 95.9 Å². The number of nitrogens with one attached hydrogen (secondary N) is 1. The van der Waals surface area contributed by atoms with E-state index in [0.717, 1.165) is 0 Å². The first-order valence-electron chi connectivity index (χ1n) is 11.9. The third-order valence-corrected chi connectivity index (χ3v) is 8.07. The number of benzene rings is 3. The van der Waals surface area contributed by atoms with Crippen LogP contribution in [-0.4, -0.2) is 45.4 Å². The van der Waals surface area contributed by atoms with Gasteiger partial charge in [0.2, 0.25) is 5.91 Å². The smallest absolute Gasteiger partial charge is 0.430 e. The zero-order valence-electron chi connectivity index (χ0n) is 21.9. The number of carbonyl (C=O) groups excluding carboxylic acids is 1. The lowest BCUT2D eigenvalue weighted by Gasteiger charge is -2.33. The predicted molar refractivity (Wildman–Crippen MR) is 138 cm³/mol. The van der Waals surface area contributed by atoms with Crippen molar-refractivity contribution in [3.05, 3.63) is 89.5 Å². The molecule has 1 amide bonds. The van der Waals surface area contributed by atoms with Gasteiger partial charge >= 0.3 is 12.4 Å². The van der Waals surface area contributed by atoms with E-state index in [0.29, 0.717) is 45.4 Å². The van der Waals surface area contributed by atoms with Crippen LogP contribution >= 0.6 is 0 Å². The Hall–Kier alpha value is -3.78. The second kappa shape index (κ2) is 11.6. The molecule has 0 spiro atoms. The summed E-state index contributed by atoms with van der Waals surface area (Å²) in [5, 5.41) is 12.3. The van der Waals surface area contributed by atoms with Crippen molar-refractivity contribution in [2.45, 2.75) is 42.7 Å². The maximum Gasteiger partial charge on any atom is 0.430 e. The van der Waals surface area contributed by atoms with Gasteiger partial charge in [0.05, 0.1) is 23.7 Å². The summed E-state index contributed by atoms with van der Waals surface area (Å²) in [6.45, 7) is 2.46. The monoisotopic (exact) mass is 604 g/mol. The average Bonchev–Trinajstić information content (AvgIpc) is 2.90. The molecule has 0 bridgehead atoms. The Bertz CT molecular complexity index is 1440. The van der Waals surface area contributed by atoms with Gasteiger partial charge in [-0.15, -0.1) is 0 Å². The molecule has 0 aliphatic heterocycles. The minimum atomic E-state index is -6.13. The maximum absolute atomic E-state index is 13.5. The van der Waals surface area contributed by atoms with Crippen LogP contribution in [0, 0.1) is 6.92 Å². The van der Waals surface area contributed by atoms with Gasteiger partial charge < -0.3 is 15.2 Å². The van der Waals surface area contributed by atoms with Gasteiger partial charge in [0.1, 0.15) is 12.3 Å². The summed E-state index contributed by atoms with van der Waals surface area (Å²) in [5.74, 6) is -0.246. The number of amides is 1. The number of sulfonamides is 1. The van der Waals surface area contributed by atoms with Crippen LogP contribution in [0.15, 0.2) is 77.7 Å². The van der Waals surface area contributed by atoms with Crippen molar-refractivity contribution in [2.24, 2.45) is 0 Å². The molecule has 0 saturated carbocycles. The Balaban J connectivity index is 2.00. The average molecular weight is 605 g/mol. The molecule has 0 radical (unpaired) electrons. The van der Waals surface area contributed by atoms with Crippen molar-refractivity contribution in [2.75, 3.05) is 18.0 Å². The molecule has 0 fully saturated rings. The Labute approximate surface area is 232 Å². The van der Waals surface area contributed by atoms with Crippen molar-refractivity contribution >= 4 is 21.6 Å². The van der Waals surface area contributed by atoms with Crippen molar-refractivity contribution in [3.8, 4) is 5.75 Å². The lowest BCUT2D eigenvalue weighted by Crippen LogP contribution is -2.53. The Morgan fingerprint density at radius 2 is 1.41 bits per heavy atom. The van der Waals surface area contributed by atoms with Crippen LogP contribution in [0.2, 0.25) is 0 Å². The van der Waals surface area contributed by atoms with Gasteiger partial charge in [-0.1, -0.05) is 42.0 Å². The number of hydrogen-bond acceptors (Lipinski definition) is 5. The number of anilines is 1. The quantitative estimate of drug-likeness (QED) is 0.320. The van der Waals surface area contributed by atoms with Gasteiger partial charge in [0.25, 0.3) is 15.6 Å². The molecule has 1 unspecified atom stereocenters. The molecule has 222 valence electrons. The lowest BCUT2D eigenvalue weighted by molar-refractivity contribution is -0.376. The fourth-order valence-electron chi connectivity index (χ4n) is 3.90. The molecule has 1 atom stereocenters. The molecule has 3 aromatic rings. The normalized spacial score (nSPS) is 13.4. The van der Waals surface area contributed by atoms with Crippen molar-refractivity contribution in [1.82, 2.24) is 5.32 Å². The van der Waals surface area contributed by atoms with E-state index < -0.39 is 57.7 Å². The molecule has 0 heterocycles. The van der Waals surface area contributed by atoms with Gasteiger partial charge in [-0.2, -0.15) is 26.3 Å².